The highest BCUT2D eigenvalue weighted by molar-refractivity contribution is 6.04. The van der Waals surface area contributed by atoms with Crippen LogP contribution in [0.2, 0.25) is 0 Å². The Morgan fingerprint density at radius 3 is 2.46 bits per heavy atom. The maximum absolute atomic E-state index is 5.59. The number of methoxy groups -OCH3 is 3. The summed E-state index contributed by atoms with van der Waals surface area (Å²) >= 11 is 0. The Labute approximate surface area is 152 Å². The lowest BCUT2D eigenvalue weighted by molar-refractivity contribution is -0.688. The van der Waals surface area contributed by atoms with Gasteiger partial charge in [0.05, 0.1) is 32.4 Å². The van der Waals surface area contributed by atoms with Crippen molar-refractivity contribution in [2.24, 2.45) is 0 Å². The number of ether oxygens (including phenoxy) is 3. The highest BCUT2D eigenvalue weighted by atomic mass is 16.5. The smallest absolute Gasteiger partial charge is 0.217 e. The summed E-state index contributed by atoms with van der Waals surface area (Å²) in [5.41, 5.74) is 3.27. The Hall–Kier alpha value is -3.21. The maximum Gasteiger partial charge on any atom is 0.217 e. The third-order valence-electron chi connectivity index (χ3n) is 4.68. The van der Waals surface area contributed by atoms with Crippen LogP contribution in [-0.4, -0.2) is 21.3 Å². The van der Waals surface area contributed by atoms with Crippen molar-refractivity contribution in [2.75, 3.05) is 26.6 Å². The zero-order valence-electron chi connectivity index (χ0n) is 15.1. The number of rotatable bonds is 5. The zero-order chi connectivity index (χ0) is 18.1. The molecule has 1 aliphatic heterocycles. The third kappa shape index (κ3) is 2.62. The summed E-state index contributed by atoms with van der Waals surface area (Å²) in [6.45, 7) is 0.771. The van der Waals surface area contributed by atoms with Crippen LogP contribution in [0.5, 0.6) is 17.2 Å². The molecule has 0 spiro atoms. The van der Waals surface area contributed by atoms with Gasteiger partial charge in [-0.05, 0) is 30.3 Å². The van der Waals surface area contributed by atoms with Crippen LogP contribution < -0.4 is 24.1 Å². The van der Waals surface area contributed by atoms with Crippen LogP contribution in [0.3, 0.4) is 0 Å². The fraction of sp³-hybridized carbons (Fsp3) is 0.190. The van der Waals surface area contributed by atoms with Crippen LogP contribution in [0.1, 0.15) is 11.3 Å². The van der Waals surface area contributed by atoms with Crippen LogP contribution >= 0.6 is 0 Å². The topological polar surface area (TPSA) is 43.6 Å². The monoisotopic (exact) mass is 349 g/mol. The van der Waals surface area contributed by atoms with E-state index in [4.69, 9.17) is 14.2 Å². The number of nitrogens with zero attached hydrogens (tertiary/aromatic N) is 1. The molecule has 0 radical (unpaired) electrons. The summed E-state index contributed by atoms with van der Waals surface area (Å²) in [6, 6.07) is 12.3. The van der Waals surface area contributed by atoms with Crippen molar-refractivity contribution in [3.63, 3.8) is 0 Å². The van der Waals surface area contributed by atoms with Crippen LogP contribution in [0.25, 0.3) is 16.8 Å². The van der Waals surface area contributed by atoms with Gasteiger partial charge in [-0.1, -0.05) is 0 Å². The lowest BCUT2D eigenvalue weighted by Gasteiger charge is -2.18. The predicted octanol–water partition coefficient (Wildman–Crippen LogP) is 3.60. The average Bonchev–Trinajstić information content (AvgIpc) is 2.70. The summed E-state index contributed by atoms with van der Waals surface area (Å²) < 4.78 is 18.6. The minimum absolute atomic E-state index is 0.716. The zero-order valence-corrected chi connectivity index (χ0v) is 15.1. The molecule has 5 nitrogen and oxygen atoms in total. The van der Waals surface area contributed by atoms with Crippen molar-refractivity contribution in [1.82, 2.24) is 0 Å². The highest BCUT2D eigenvalue weighted by Gasteiger charge is 2.24. The van der Waals surface area contributed by atoms with Gasteiger partial charge in [0, 0.05) is 29.3 Å². The van der Waals surface area contributed by atoms with Gasteiger partial charge in [0.15, 0.2) is 24.2 Å². The molecule has 0 saturated heterocycles. The van der Waals surface area contributed by atoms with Gasteiger partial charge in [0.1, 0.15) is 5.75 Å². The lowest BCUT2D eigenvalue weighted by Crippen LogP contribution is -2.38. The van der Waals surface area contributed by atoms with E-state index in [9.17, 15) is 0 Å². The molecular weight excluding hydrogens is 328 g/mol. The SMILES string of the molecule is COc1ccc(C[n+]2ccc3cc(OC)c(OC)c4c3c2C=CN4)cc1. The largest absolute Gasteiger partial charge is 0.497 e. The van der Waals surface area contributed by atoms with E-state index in [0.29, 0.717) is 5.75 Å². The molecule has 2 aromatic carbocycles. The van der Waals surface area contributed by atoms with Crippen molar-refractivity contribution in [2.45, 2.75) is 6.54 Å². The summed E-state index contributed by atoms with van der Waals surface area (Å²) in [7, 11) is 5.00. The van der Waals surface area contributed by atoms with Crippen LogP contribution in [-0.2, 0) is 6.54 Å². The van der Waals surface area contributed by atoms with Gasteiger partial charge in [-0.2, -0.15) is 4.57 Å². The third-order valence-corrected chi connectivity index (χ3v) is 4.68. The molecule has 1 aliphatic rings. The van der Waals surface area contributed by atoms with Crippen molar-refractivity contribution < 1.29 is 18.8 Å². The van der Waals surface area contributed by atoms with Gasteiger partial charge in [-0.3, -0.25) is 0 Å². The number of pyridine rings is 1. The molecule has 0 unspecified atom stereocenters. The van der Waals surface area contributed by atoms with E-state index in [-0.39, 0.29) is 0 Å². The van der Waals surface area contributed by atoms with Gasteiger partial charge in [0.25, 0.3) is 0 Å². The predicted molar refractivity (Wildman–Crippen MR) is 102 cm³/mol. The molecule has 4 rings (SSSR count). The minimum Gasteiger partial charge on any atom is -0.497 e. The number of hydrogen-bond acceptors (Lipinski definition) is 4. The van der Waals surface area contributed by atoms with E-state index in [1.54, 1.807) is 21.3 Å². The summed E-state index contributed by atoms with van der Waals surface area (Å²) in [4.78, 5) is 0. The summed E-state index contributed by atoms with van der Waals surface area (Å²) in [5, 5.41) is 5.54. The van der Waals surface area contributed by atoms with E-state index < -0.39 is 0 Å². The van der Waals surface area contributed by atoms with Crippen molar-refractivity contribution in [3.05, 3.63) is 60.1 Å². The van der Waals surface area contributed by atoms with Crippen LogP contribution in [0.4, 0.5) is 5.69 Å². The molecule has 0 saturated carbocycles. The molecular formula is C21H21N2O3+. The molecule has 0 aliphatic carbocycles. The van der Waals surface area contributed by atoms with Crippen molar-refractivity contribution in [3.8, 4) is 17.2 Å². The van der Waals surface area contributed by atoms with Crippen LogP contribution in [0, 0.1) is 0 Å². The maximum atomic E-state index is 5.59. The molecule has 5 heteroatoms. The highest BCUT2D eigenvalue weighted by Crippen LogP contribution is 2.43. The second-order valence-electron chi connectivity index (χ2n) is 6.11. The average molecular weight is 349 g/mol. The number of benzene rings is 2. The Balaban J connectivity index is 1.84. The Morgan fingerprint density at radius 2 is 1.77 bits per heavy atom. The van der Waals surface area contributed by atoms with E-state index >= 15 is 0 Å². The normalized spacial score (nSPS) is 12.0. The fourth-order valence-electron chi connectivity index (χ4n) is 3.40. The fourth-order valence-corrected chi connectivity index (χ4v) is 3.40. The molecule has 26 heavy (non-hydrogen) atoms. The van der Waals surface area contributed by atoms with E-state index in [1.807, 2.05) is 24.4 Å². The van der Waals surface area contributed by atoms with Gasteiger partial charge in [-0.25, -0.2) is 0 Å². The lowest BCUT2D eigenvalue weighted by atomic mass is 10.0. The molecule has 0 amide bonds. The van der Waals surface area contributed by atoms with Crippen molar-refractivity contribution in [1.29, 1.82) is 0 Å². The Morgan fingerprint density at radius 1 is 0.962 bits per heavy atom. The first-order valence-corrected chi connectivity index (χ1v) is 8.42. The second-order valence-corrected chi connectivity index (χ2v) is 6.11. The minimum atomic E-state index is 0.716. The number of nitrogens with one attached hydrogen (secondary N) is 1. The molecule has 1 N–H and O–H groups in total. The second kappa shape index (κ2) is 6.59. The Kier molecular flexibility index (Phi) is 4.13. The van der Waals surface area contributed by atoms with Gasteiger partial charge >= 0.3 is 0 Å². The molecule has 2 heterocycles. The van der Waals surface area contributed by atoms with E-state index in [2.05, 4.69) is 40.4 Å². The molecule has 132 valence electrons. The van der Waals surface area contributed by atoms with E-state index in [1.165, 1.54) is 5.56 Å². The summed E-state index contributed by atoms with van der Waals surface area (Å²) in [5.74, 6) is 2.30. The Bertz CT molecular complexity index is 995. The molecule has 0 bridgehead atoms. The van der Waals surface area contributed by atoms with E-state index in [0.717, 1.165) is 40.2 Å². The van der Waals surface area contributed by atoms with Crippen LogP contribution in [0.15, 0.2) is 48.8 Å². The molecule has 3 aromatic rings. The first-order valence-electron chi connectivity index (χ1n) is 8.42. The first-order chi connectivity index (χ1) is 12.7. The van der Waals surface area contributed by atoms with Gasteiger partial charge in [-0.15, -0.1) is 0 Å². The molecule has 0 atom stereocenters. The van der Waals surface area contributed by atoms with Gasteiger partial charge in [0.2, 0.25) is 5.69 Å². The first kappa shape index (κ1) is 16.3. The quantitative estimate of drug-likeness (QED) is 0.715. The number of aromatic nitrogens is 1. The van der Waals surface area contributed by atoms with Gasteiger partial charge < -0.3 is 19.5 Å². The summed E-state index contributed by atoms with van der Waals surface area (Å²) in [6.07, 6.45) is 6.13. The number of anilines is 1. The van der Waals surface area contributed by atoms with Crippen molar-refractivity contribution >= 4 is 22.5 Å². The molecule has 1 aromatic heterocycles. The standard InChI is InChI=1S/C21H20N2O3/c1-24-16-6-4-14(5-7-16)13-23-11-9-15-12-18(25-2)21(26-3)20-19(15)17(23)8-10-22-20/h4-12H,13H2,1-3H3/p+1. The number of hydrogen-bond donors (Lipinski definition) is 1. The molecule has 0 fully saturated rings.